The predicted octanol–water partition coefficient (Wildman–Crippen LogP) is 1.89. The van der Waals surface area contributed by atoms with Gasteiger partial charge in [-0.1, -0.05) is 30.3 Å². The van der Waals surface area contributed by atoms with Crippen molar-refractivity contribution in [3.05, 3.63) is 35.9 Å². The third-order valence-electron chi connectivity index (χ3n) is 3.71. The Bertz CT molecular complexity index is 508. The number of hydrogen-bond acceptors (Lipinski definition) is 2. The monoisotopic (exact) mass is 244 g/mol. The van der Waals surface area contributed by atoms with Crippen LogP contribution < -0.4 is 0 Å². The molecule has 2 aliphatic rings. The van der Waals surface area contributed by atoms with Crippen LogP contribution in [0, 0.1) is 0 Å². The summed E-state index contributed by atoms with van der Waals surface area (Å²) in [5.41, 5.74) is 0.636. The molecule has 0 radical (unpaired) electrons. The van der Waals surface area contributed by atoms with Gasteiger partial charge in [-0.2, -0.15) is 0 Å². The molecule has 2 saturated heterocycles. The van der Waals surface area contributed by atoms with Gasteiger partial charge in [0, 0.05) is 0 Å². The van der Waals surface area contributed by atoms with Gasteiger partial charge in [-0.15, -0.1) is 0 Å². The summed E-state index contributed by atoms with van der Waals surface area (Å²) in [6, 6.07) is 9.63. The molecule has 4 nitrogen and oxygen atoms in total. The predicted molar refractivity (Wildman–Crippen MR) is 66.2 cm³/mol. The molecule has 0 bridgehead atoms. The highest BCUT2D eigenvalue weighted by Gasteiger charge is 2.54. The molecule has 1 aromatic carbocycles. The lowest BCUT2D eigenvalue weighted by molar-refractivity contribution is -0.151. The first kappa shape index (κ1) is 11.3. The normalized spacial score (nSPS) is 25.8. The molecule has 0 N–H and O–H groups in total. The minimum absolute atomic E-state index is 0.0414. The number of fused-ring (bicyclic) bond motifs is 1. The Morgan fingerprint density at radius 3 is 2.44 bits per heavy atom. The summed E-state index contributed by atoms with van der Waals surface area (Å²) >= 11 is 0. The lowest BCUT2D eigenvalue weighted by atomic mass is 9.99. The van der Waals surface area contributed by atoms with Gasteiger partial charge in [-0.05, 0) is 19.4 Å². The first-order valence-electron chi connectivity index (χ1n) is 6.21. The van der Waals surface area contributed by atoms with Gasteiger partial charge in [0.05, 0.1) is 24.4 Å². The van der Waals surface area contributed by atoms with Crippen LogP contribution in [0.4, 0.5) is 0 Å². The van der Waals surface area contributed by atoms with Crippen LogP contribution in [0.1, 0.15) is 38.3 Å². The SMILES string of the molecule is CC1(C)CC(=O)N2[C@H](c3ccccc3)CC(=O)N21. The van der Waals surface area contributed by atoms with Gasteiger partial charge >= 0.3 is 0 Å². The summed E-state index contributed by atoms with van der Waals surface area (Å²) in [5, 5.41) is 3.30. The minimum Gasteiger partial charge on any atom is -0.273 e. The van der Waals surface area contributed by atoms with Crippen LogP contribution in [0.25, 0.3) is 0 Å². The second-order valence-electron chi connectivity index (χ2n) is 5.56. The summed E-state index contributed by atoms with van der Waals surface area (Å²) in [6.45, 7) is 3.88. The maximum atomic E-state index is 12.1. The van der Waals surface area contributed by atoms with Crippen molar-refractivity contribution in [2.45, 2.75) is 38.3 Å². The molecule has 0 aliphatic carbocycles. The maximum absolute atomic E-state index is 12.1. The van der Waals surface area contributed by atoms with E-state index in [1.807, 2.05) is 44.2 Å². The minimum atomic E-state index is -0.391. The van der Waals surface area contributed by atoms with Gasteiger partial charge in [-0.25, -0.2) is 10.0 Å². The van der Waals surface area contributed by atoms with Crippen molar-refractivity contribution in [3.8, 4) is 0 Å². The lowest BCUT2D eigenvalue weighted by Gasteiger charge is -2.32. The fourth-order valence-electron chi connectivity index (χ4n) is 2.97. The van der Waals surface area contributed by atoms with E-state index in [9.17, 15) is 9.59 Å². The van der Waals surface area contributed by atoms with E-state index in [1.54, 1.807) is 10.0 Å². The van der Waals surface area contributed by atoms with Gasteiger partial charge < -0.3 is 0 Å². The van der Waals surface area contributed by atoms with E-state index < -0.39 is 5.54 Å². The van der Waals surface area contributed by atoms with Gasteiger partial charge in [0.25, 0.3) is 0 Å². The Kier molecular flexibility index (Phi) is 2.24. The van der Waals surface area contributed by atoms with E-state index in [0.717, 1.165) is 5.56 Å². The van der Waals surface area contributed by atoms with Crippen molar-refractivity contribution in [1.29, 1.82) is 0 Å². The molecular weight excluding hydrogens is 228 g/mol. The van der Waals surface area contributed by atoms with E-state index in [4.69, 9.17) is 0 Å². The molecule has 4 heteroatoms. The second-order valence-corrected chi connectivity index (χ2v) is 5.56. The number of benzene rings is 1. The van der Waals surface area contributed by atoms with E-state index >= 15 is 0 Å². The highest BCUT2D eigenvalue weighted by molar-refractivity contribution is 5.91. The van der Waals surface area contributed by atoms with Crippen molar-refractivity contribution in [2.75, 3.05) is 0 Å². The smallest absolute Gasteiger partial charge is 0.244 e. The van der Waals surface area contributed by atoms with E-state index in [1.165, 1.54) is 0 Å². The third-order valence-corrected chi connectivity index (χ3v) is 3.71. The van der Waals surface area contributed by atoms with Crippen LogP contribution in [0.3, 0.4) is 0 Å². The molecule has 2 amide bonds. The average molecular weight is 244 g/mol. The molecule has 0 spiro atoms. The van der Waals surface area contributed by atoms with E-state index in [2.05, 4.69) is 0 Å². The van der Waals surface area contributed by atoms with Crippen molar-refractivity contribution in [2.24, 2.45) is 0 Å². The summed E-state index contributed by atoms with van der Waals surface area (Å²) in [4.78, 5) is 24.3. The van der Waals surface area contributed by atoms with Crippen LogP contribution >= 0.6 is 0 Å². The van der Waals surface area contributed by atoms with Crippen molar-refractivity contribution < 1.29 is 9.59 Å². The molecule has 2 heterocycles. The molecule has 0 aromatic heterocycles. The molecule has 18 heavy (non-hydrogen) atoms. The van der Waals surface area contributed by atoms with Gasteiger partial charge in [0.15, 0.2) is 0 Å². The molecular formula is C14H16N2O2. The number of rotatable bonds is 1. The standard InChI is InChI=1S/C14H16N2O2/c1-14(2)9-13(18)15-11(8-12(17)16(14)15)10-6-4-3-5-7-10/h3-7,11H,8-9H2,1-2H3/t11-/m0/s1. The molecule has 0 saturated carbocycles. The maximum Gasteiger partial charge on any atom is 0.244 e. The Morgan fingerprint density at radius 1 is 1.11 bits per heavy atom. The van der Waals surface area contributed by atoms with Crippen LogP contribution in [0.5, 0.6) is 0 Å². The fraction of sp³-hybridized carbons (Fsp3) is 0.429. The van der Waals surface area contributed by atoms with Gasteiger partial charge in [-0.3, -0.25) is 9.59 Å². The number of carbonyl (C=O) groups excluding carboxylic acids is 2. The van der Waals surface area contributed by atoms with Crippen LogP contribution in [-0.2, 0) is 9.59 Å². The third kappa shape index (κ3) is 1.45. The number of carbonyl (C=O) groups is 2. The molecule has 94 valence electrons. The first-order valence-corrected chi connectivity index (χ1v) is 6.21. The topological polar surface area (TPSA) is 40.6 Å². The zero-order valence-corrected chi connectivity index (χ0v) is 10.6. The van der Waals surface area contributed by atoms with Crippen LogP contribution in [0.2, 0.25) is 0 Å². The number of hydrazine groups is 1. The molecule has 2 fully saturated rings. The summed E-state index contributed by atoms with van der Waals surface area (Å²) in [6.07, 6.45) is 0.793. The molecule has 1 atom stereocenters. The van der Waals surface area contributed by atoms with Crippen molar-refractivity contribution in [1.82, 2.24) is 10.0 Å². The number of hydrogen-bond donors (Lipinski definition) is 0. The molecule has 1 aromatic rings. The summed E-state index contributed by atoms with van der Waals surface area (Å²) in [5.74, 6) is 0.0828. The Labute approximate surface area is 106 Å². The van der Waals surface area contributed by atoms with E-state index in [-0.39, 0.29) is 17.9 Å². The summed E-state index contributed by atoms with van der Waals surface area (Å²) in [7, 11) is 0. The lowest BCUT2D eigenvalue weighted by Crippen LogP contribution is -2.45. The largest absolute Gasteiger partial charge is 0.273 e. The fourth-order valence-corrected chi connectivity index (χ4v) is 2.97. The van der Waals surface area contributed by atoms with Crippen LogP contribution in [0.15, 0.2) is 30.3 Å². The van der Waals surface area contributed by atoms with Crippen LogP contribution in [-0.4, -0.2) is 27.4 Å². The van der Waals surface area contributed by atoms with Gasteiger partial charge in [0.2, 0.25) is 11.8 Å². The zero-order valence-electron chi connectivity index (χ0n) is 10.6. The average Bonchev–Trinajstić information content (AvgIpc) is 2.79. The number of amides is 2. The Morgan fingerprint density at radius 2 is 1.78 bits per heavy atom. The molecule has 3 rings (SSSR count). The van der Waals surface area contributed by atoms with Crippen molar-refractivity contribution in [3.63, 3.8) is 0 Å². The Hall–Kier alpha value is -1.84. The number of nitrogens with zero attached hydrogens (tertiary/aromatic N) is 2. The van der Waals surface area contributed by atoms with Gasteiger partial charge in [0.1, 0.15) is 0 Å². The molecule has 0 unspecified atom stereocenters. The highest BCUT2D eigenvalue weighted by atomic mass is 16.2. The first-order chi connectivity index (χ1) is 8.50. The summed E-state index contributed by atoms with van der Waals surface area (Å²) < 4.78 is 0. The van der Waals surface area contributed by atoms with E-state index in [0.29, 0.717) is 12.8 Å². The highest BCUT2D eigenvalue weighted by Crippen LogP contribution is 2.43. The quantitative estimate of drug-likeness (QED) is 0.757. The molecule has 2 aliphatic heterocycles. The van der Waals surface area contributed by atoms with Crippen molar-refractivity contribution >= 4 is 11.8 Å². The second kappa shape index (κ2) is 3.57. The Balaban J connectivity index is 2.01. The zero-order chi connectivity index (χ0) is 12.9.